The van der Waals surface area contributed by atoms with Gasteiger partial charge in [0, 0.05) is 36.2 Å². The zero-order valence-corrected chi connectivity index (χ0v) is 14.5. The maximum absolute atomic E-state index is 12.3. The number of carbonyl (C=O) groups excluding carboxylic acids is 1. The normalized spacial score (nSPS) is 17.0. The van der Waals surface area contributed by atoms with E-state index in [0.29, 0.717) is 29.9 Å². The van der Waals surface area contributed by atoms with Gasteiger partial charge in [-0.25, -0.2) is 0 Å². The van der Waals surface area contributed by atoms with E-state index in [2.05, 4.69) is 10.2 Å². The number of rotatable bonds is 5. The third-order valence-electron chi connectivity index (χ3n) is 3.88. The van der Waals surface area contributed by atoms with Gasteiger partial charge in [-0.1, -0.05) is 29.8 Å². The average Bonchev–Trinajstić information content (AvgIpc) is 3.10. The molecule has 1 saturated heterocycles. The van der Waals surface area contributed by atoms with Crippen molar-refractivity contribution >= 4 is 23.6 Å². The highest BCUT2D eigenvalue weighted by atomic mass is 35.5. The van der Waals surface area contributed by atoms with E-state index in [-0.39, 0.29) is 12.0 Å². The van der Waals surface area contributed by atoms with E-state index in [1.165, 1.54) is 13.2 Å². The number of likely N-dealkylation sites (tertiary alicyclic amines) is 1. The van der Waals surface area contributed by atoms with Crippen LogP contribution in [0.25, 0.3) is 6.08 Å². The molecule has 130 valence electrons. The van der Waals surface area contributed by atoms with E-state index < -0.39 is 0 Å². The lowest BCUT2D eigenvalue weighted by Crippen LogP contribution is -2.29. The molecule has 0 bridgehead atoms. The summed E-state index contributed by atoms with van der Waals surface area (Å²) >= 11 is 6.08. The van der Waals surface area contributed by atoms with Gasteiger partial charge in [0.25, 0.3) is 0 Å². The van der Waals surface area contributed by atoms with E-state index >= 15 is 0 Å². The Morgan fingerprint density at radius 2 is 2.00 bits per heavy atom. The van der Waals surface area contributed by atoms with E-state index in [1.54, 1.807) is 29.2 Å². The Morgan fingerprint density at radius 1 is 1.24 bits per heavy atom. The standard InChI is InChI=1S/C18H18ClN3O3/c1-24-16-7-8-17(21-20-16)25-14-10-11-22(12-14)18(23)9-6-13-4-2-3-5-15(13)19/h2-9,14H,10-12H2,1H3/b9-6+. The van der Waals surface area contributed by atoms with E-state index in [4.69, 9.17) is 21.1 Å². The number of benzene rings is 1. The molecule has 7 heteroatoms. The molecule has 0 N–H and O–H groups in total. The van der Waals surface area contributed by atoms with Crippen LogP contribution >= 0.6 is 11.6 Å². The van der Waals surface area contributed by atoms with Crippen LogP contribution in [0.2, 0.25) is 5.02 Å². The number of methoxy groups -OCH3 is 1. The van der Waals surface area contributed by atoms with Gasteiger partial charge in [-0.15, -0.1) is 10.2 Å². The van der Waals surface area contributed by atoms with Crippen molar-refractivity contribution < 1.29 is 14.3 Å². The van der Waals surface area contributed by atoms with Crippen LogP contribution < -0.4 is 9.47 Å². The SMILES string of the molecule is COc1ccc(OC2CCN(C(=O)/C=C/c3ccccc3Cl)C2)nn1. The molecule has 2 heterocycles. The molecule has 0 saturated carbocycles. The van der Waals surface area contributed by atoms with Crippen molar-refractivity contribution in [1.29, 1.82) is 0 Å². The smallest absolute Gasteiger partial charge is 0.246 e. The maximum Gasteiger partial charge on any atom is 0.246 e. The number of hydrogen-bond acceptors (Lipinski definition) is 5. The monoisotopic (exact) mass is 359 g/mol. The van der Waals surface area contributed by atoms with Crippen LogP contribution in [0, 0.1) is 0 Å². The number of carbonyl (C=O) groups is 1. The number of amides is 1. The average molecular weight is 360 g/mol. The number of aromatic nitrogens is 2. The second kappa shape index (κ2) is 7.98. The van der Waals surface area contributed by atoms with Gasteiger partial charge in [-0.3, -0.25) is 4.79 Å². The van der Waals surface area contributed by atoms with Crippen LogP contribution in [0.4, 0.5) is 0 Å². The summed E-state index contributed by atoms with van der Waals surface area (Å²) in [7, 11) is 1.53. The van der Waals surface area contributed by atoms with Crippen LogP contribution in [0.1, 0.15) is 12.0 Å². The van der Waals surface area contributed by atoms with Crippen LogP contribution in [0.5, 0.6) is 11.8 Å². The topological polar surface area (TPSA) is 64.6 Å². The van der Waals surface area contributed by atoms with Gasteiger partial charge in [0.05, 0.1) is 13.7 Å². The lowest BCUT2D eigenvalue weighted by atomic mass is 10.2. The Kier molecular flexibility index (Phi) is 5.50. The van der Waals surface area contributed by atoms with E-state index in [1.807, 2.05) is 18.2 Å². The Bertz CT molecular complexity index is 764. The van der Waals surface area contributed by atoms with Gasteiger partial charge in [0.2, 0.25) is 17.7 Å². The number of hydrogen-bond donors (Lipinski definition) is 0. The van der Waals surface area contributed by atoms with Crippen molar-refractivity contribution in [3.8, 4) is 11.8 Å². The van der Waals surface area contributed by atoms with Crippen LogP contribution in [0.15, 0.2) is 42.5 Å². The fourth-order valence-corrected chi connectivity index (χ4v) is 2.75. The van der Waals surface area contributed by atoms with E-state index in [9.17, 15) is 4.79 Å². The zero-order valence-electron chi connectivity index (χ0n) is 13.8. The van der Waals surface area contributed by atoms with Crippen molar-refractivity contribution in [3.63, 3.8) is 0 Å². The first-order chi connectivity index (χ1) is 12.2. The Balaban J connectivity index is 1.54. The molecule has 1 aliphatic rings. The molecule has 1 aromatic carbocycles. The quantitative estimate of drug-likeness (QED) is 0.768. The summed E-state index contributed by atoms with van der Waals surface area (Å²) in [6.45, 7) is 1.15. The van der Waals surface area contributed by atoms with Crippen LogP contribution in [-0.2, 0) is 4.79 Å². The Labute approximate surface area is 151 Å². The Hall–Kier alpha value is -2.60. The summed E-state index contributed by atoms with van der Waals surface area (Å²) in [6, 6.07) is 10.8. The highest BCUT2D eigenvalue weighted by Gasteiger charge is 2.26. The number of ether oxygens (including phenoxy) is 2. The molecule has 1 atom stereocenters. The van der Waals surface area contributed by atoms with Crippen molar-refractivity contribution in [2.75, 3.05) is 20.2 Å². The predicted molar refractivity (Wildman–Crippen MR) is 94.7 cm³/mol. The maximum atomic E-state index is 12.3. The first kappa shape index (κ1) is 17.2. The van der Waals surface area contributed by atoms with Crippen molar-refractivity contribution in [1.82, 2.24) is 15.1 Å². The van der Waals surface area contributed by atoms with Crippen molar-refractivity contribution in [2.24, 2.45) is 0 Å². The third kappa shape index (κ3) is 4.48. The first-order valence-corrected chi connectivity index (χ1v) is 8.29. The largest absolute Gasteiger partial charge is 0.480 e. The molecule has 0 spiro atoms. The molecule has 1 fully saturated rings. The minimum Gasteiger partial charge on any atom is -0.480 e. The molecule has 25 heavy (non-hydrogen) atoms. The lowest BCUT2D eigenvalue weighted by Gasteiger charge is -2.15. The predicted octanol–water partition coefficient (Wildman–Crippen LogP) is 2.83. The molecule has 2 aromatic rings. The molecule has 1 aromatic heterocycles. The van der Waals surface area contributed by atoms with Gasteiger partial charge in [0.1, 0.15) is 6.10 Å². The summed E-state index contributed by atoms with van der Waals surface area (Å²) in [5, 5.41) is 8.42. The van der Waals surface area contributed by atoms with Crippen LogP contribution in [-0.4, -0.2) is 47.3 Å². The molecule has 0 radical (unpaired) electrons. The first-order valence-electron chi connectivity index (χ1n) is 7.91. The lowest BCUT2D eigenvalue weighted by molar-refractivity contribution is -0.125. The summed E-state index contributed by atoms with van der Waals surface area (Å²) in [4.78, 5) is 14.1. The van der Waals surface area contributed by atoms with Crippen molar-refractivity contribution in [3.05, 3.63) is 53.1 Å². The van der Waals surface area contributed by atoms with Crippen LogP contribution in [0.3, 0.4) is 0 Å². The third-order valence-corrected chi connectivity index (χ3v) is 4.22. The summed E-state index contributed by atoms with van der Waals surface area (Å²) in [5.74, 6) is 0.791. The van der Waals surface area contributed by atoms with Crippen molar-refractivity contribution in [2.45, 2.75) is 12.5 Å². The summed E-state index contributed by atoms with van der Waals surface area (Å²) < 4.78 is 10.7. The minimum absolute atomic E-state index is 0.0631. The van der Waals surface area contributed by atoms with Gasteiger partial charge < -0.3 is 14.4 Å². The highest BCUT2D eigenvalue weighted by Crippen LogP contribution is 2.19. The highest BCUT2D eigenvalue weighted by molar-refractivity contribution is 6.32. The molecule has 0 aliphatic carbocycles. The Morgan fingerprint density at radius 3 is 2.72 bits per heavy atom. The van der Waals surface area contributed by atoms with Gasteiger partial charge in [-0.2, -0.15) is 0 Å². The molecule has 1 aliphatic heterocycles. The molecular formula is C18H18ClN3O3. The molecule has 3 rings (SSSR count). The minimum atomic E-state index is -0.0969. The fraction of sp³-hybridized carbons (Fsp3) is 0.278. The fourth-order valence-electron chi connectivity index (χ4n) is 2.55. The second-order valence-electron chi connectivity index (χ2n) is 5.58. The summed E-state index contributed by atoms with van der Waals surface area (Å²) in [6.07, 6.45) is 3.92. The van der Waals surface area contributed by atoms with Gasteiger partial charge >= 0.3 is 0 Å². The molecule has 1 amide bonds. The summed E-state index contributed by atoms with van der Waals surface area (Å²) in [5.41, 5.74) is 0.818. The van der Waals surface area contributed by atoms with E-state index in [0.717, 1.165) is 12.0 Å². The van der Waals surface area contributed by atoms with Gasteiger partial charge in [-0.05, 0) is 17.7 Å². The number of halogens is 1. The second-order valence-corrected chi connectivity index (χ2v) is 5.99. The zero-order chi connectivity index (χ0) is 17.6. The molecule has 6 nitrogen and oxygen atoms in total. The number of nitrogens with zero attached hydrogens (tertiary/aromatic N) is 3. The molecule has 1 unspecified atom stereocenters. The van der Waals surface area contributed by atoms with Gasteiger partial charge in [0.15, 0.2) is 0 Å². The molecular weight excluding hydrogens is 342 g/mol.